The Morgan fingerprint density at radius 1 is 1.75 bits per heavy atom. The molecule has 0 amide bonds. The van der Waals surface area contributed by atoms with Gasteiger partial charge >= 0.3 is 0 Å². The Morgan fingerprint density at radius 3 is 2.75 bits per heavy atom. The molecule has 0 rings (SSSR count). The van der Waals surface area contributed by atoms with Crippen LogP contribution in [0.5, 0.6) is 0 Å². The fourth-order valence-corrected chi connectivity index (χ4v) is 1.18. The molecule has 0 aliphatic carbocycles. The lowest BCUT2D eigenvalue weighted by Gasteiger charge is -1.90. The van der Waals surface area contributed by atoms with E-state index >= 15 is 0 Å². The van der Waals surface area contributed by atoms with Gasteiger partial charge in [0.05, 0.1) is 6.61 Å². The molecule has 1 nitrogen and oxygen atoms in total. The van der Waals surface area contributed by atoms with Crippen LogP contribution in [0.15, 0.2) is 9.66 Å². The van der Waals surface area contributed by atoms with Gasteiger partial charge in [0, 0.05) is 0 Å². The van der Waals surface area contributed by atoms with E-state index in [1.54, 1.807) is 0 Å². The van der Waals surface area contributed by atoms with E-state index in [0.29, 0.717) is 0 Å². The first-order valence-electron chi connectivity index (χ1n) is 2.76. The summed E-state index contributed by atoms with van der Waals surface area (Å²) in [6.45, 7) is 2.31. The Hall–Kier alpha value is 0.430. The minimum Gasteiger partial charge on any atom is -0.392 e. The molecule has 0 aliphatic heterocycles. The third-order valence-electron chi connectivity index (χ3n) is 0.802. The predicted molar refractivity (Wildman–Crippen MR) is 44.1 cm³/mol. The highest BCUT2D eigenvalue weighted by molar-refractivity contribution is 14.1. The van der Waals surface area contributed by atoms with Crippen LogP contribution in [-0.4, -0.2) is 11.7 Å². The van der Waals surface area contributed by atoms with Gasteiger partial charge in [-0.3, -0.25) is 0 Å². The van der Waals surface area contributed by atoms with Crippen LogP contribution in [0, 0.1) is 0 Å². The number of halogens is 1. The van der Waals surface area contributed by atoms with E-state index in [2.05, 4.69) is 29.5 Å². The Balaban J connectivity index is 3.29. The van der Waals surface area contributed by atoms with Gasteiger partial charge in [-0.2, -0.15) is 0 Å². The molecule has 0 atom stereocenters. The molecule has 0 saturated heterocycles. The zero-order chi connectivity index (χ0) is 6.41. The molecule has 0 radical (unpaired) electrons. The molecule has 1 N–H and O–H groups in total. The van der Waals surface area contributed by atoms with Gasteiger partial charge in [0.1, 0.15) is 0 Å². The molecule has 0 unspecified atom stereocenters. The first-order valence-corrected chi connectivity index (χ1v) is 3.84. The molecule has 0 aromatic rings. The fraction of sp³-hybridized carbons (Fsp3) is 0.667. The second kappa shape index (κ2) is 5.56. The van der Waals surface area contributed by atoms with Crippen LogP contribution < -0.4 is 0 Å². The van der Waals surface area contributed by atoms with Crippen molar-refractivity contribution in [3.05, 3.63) is 9.66 Å². The van der Waals surface area contributed by atoms with Gasteiger partial charge < -0.3 is 5.11 Å². The van der Waals surface area contributed by atoms with Crippen molar-refractivity contribution in [2.45, 2.75) is 19.8 Å². The van der Waals surface area contributed by atoms with Gasteiger partial charge in [-0.25, -0.2) is 0 Å². The summed E-state index contributed by atoms with van der Waals surface area (Å²) in [6, 6.07) is 0. The van der Waals surface area contributed by atoms with Crippen molar-refractivity contribution in [3.8, 4) is 0 Å². The largest absolute Gasteiger partial charge is 0.392 e. The SMILES string of the molecule is CCC/C(I)=C\CO. The molecule has 0 saturated carbocycles. The maximum absolute atomic E-state index is 8.38. The van der Waals surface area contributed by atoms with E-state index in [1.165, 1.54) is 3.58 Å². The van der Waals surface area contributed by atoms with Crippen molar-refractivity contribution >= 4 is 22.6 Å². The lowest BCUT2D eigenvalue weighted by atomic mass is 10.3. The molecule has 0 bridgehead atoms. The fourth-order valence-electron chi connectivity index (χ4n) is 0.440. The monoisotopic (exact) mass is 226 g/mol. The van der Waals surface area contributed by atoms with Gasteiger partial charge in [0.15, 0.2) is 0 Å². The topological polar surface area (TPSA) is 20.2 Å². The van der Waals surface area contributed by atoms with E-state index < -0.39 is 0 Å². The van der Waals surface area contributed by atoms with Crippen LogP contribution in [0.1, 0.15) is 19.8 Å². The molecule has 0 heterocycles. The quantitative estimate of drug-likeness (QED) is 0.730. The normalized spacial score (nSPS) is 12.1. The molecule has 0 aliphatic rings. The summed E-state index contributed by atoms with van der Waals surface area (Å²) in [6.07, 6.45) is 4.10. The number of aliphatic hydroxyl groups excluding tert-OH is 1. The average molecular weight is 226 g/mol. The van der Waals surface area contributed by atoms with Gasteiger partial charge in [-0.05, 0) is 38.7 Å². The summed E-state index contributed by atoms with van der Waals surface area (Å²) in [5.41, 5.74) is 0. The molecular weight excluding hydrogens is 215 g/mol. The zero-order valence-electron chi connectivity index (χ0n) is 5.02. The number of hydrogen-bond donors (Lipinski definition) is 1. The summed E-state index contributed by atoms with van der Waals surface area (Å²) in [7, 11) is 0. The van der Waals surface area contributed by atoms with E-state index in [-0.39, 0.29) is 6.61 Å². The summed E-state index contributed by atoms with van der Waals surface area (Å²) >= 11 is 2.24. The molecule has 0 aromatic heterocycles. The van der Waals surface area contributed by atoms with Crippen LogP contribution in [0.2, 0.25) is 0 Å². The van der Waals surface area contributed by atoms with Crippen molar-refractivity contribution in [2.24, 2.45) is 0 Å². The predicted octanol–water partition coefficient (Wildman–Crippen LogP) is 2.10. The van der Waals surface area contributed by atoms with Crippen molar-refractivity contribution in [1.82, 2.24) is 0 Å². The van der Waals surface area contributed by atoms with Crippen LogP contribution in [-0.2, 0) is 0 Å². The maximum Gasteiger partial charge on any atom is 0.0622 e. The van der Waals surface area contributed by atoms with Gasteiger partial charge in [-0.15, -0.1) is 0 Å². The van der Waals surface area contributed by atoms with Crippen LogP contribution >= 0.6 is 22.6 Å². The van der Waals surface area contributed by atoms with Crippen LogP contribution in [0.25, 0.3) is 0 Å². The Morgan fingerprint density at radius 2 is 2.38 bits per heavy atom. The molecular formula is C6H11IO. The Bertz CT molecular complexity index is 78.6. The third-order valence-corrected chi connectivity index (χ3v) is 1.78. The van der Waals surface area contributed by atoms with Gasteiger partial charge in [0.25, 0.3) is 0 Å². The van der Waals surface area contributed by atoms with Crippen molar-refractivity contribution < 1.29 is 5.11 Å². The van der Waals surface area contributed by atoms with E-state index in [9.17, 15) is 0 Å². The lowest BCUT2D eigenvalue weighted by molar-refractivity contribution is 0.342. The molecule has 0 spiro atoms. The smallest absolute Gasteiger partial charge is 0.0622 e. The van der Waals surface area contributed by atoms with E-state index in [1.807, 2.05) is 6.08 Å². The van der Waals surface area contributed by atoms with Crippen LogP contribution in [0.3, 0.4) is 0 Å². The second-order valence-corrected chi connectivity index (χ2v) is 2.97. The lowest BCUT2D eigenvalue weighted by Crippen LogP contribution is -1.75. The highest BCUT2D eigenvalue weighted by Crippen LogP contribution is 2.11. The number of allylic oxidation sites excluding steroid dienone is 1. The van der Waals surface area contributed by atoms with Gasteiger partial charge in [-0.1, -0.05) is 13.3 Å². The molecule has 0 aromatic carbocycles. The Kier molecular flexibility index (Phi) is 5.86. The Labute approximate surface area is 63.9 Å². The maximum atomic E-state index is 8.38. The standard InChI is InChI=1S/C6H11IO/c1-2-3-6(7)4-5-8/h4,8H,2-3,5H2,1H3/b6-4+. The first-order chi connectivity index (χ1) is 3.81. The van der Waals surface area contributed by atoms with E-state index in [0.717, 1.165) is 12.8 Å². The minimum absolute atomic E-state index is 0.179. The highest BCUT2D eigenvalue weighted by atomic mass is 127. The summed E-state index contributed by atoms with van der Waals surface area (Å²) in [5, 5.41) is 8.38. The van der Waals surface area contributed by atoms with Crippen molar-refractivity contribution in [3.63, 3.8) is 0 Å². The van der Waals surface area contributed by atoms with Gasteiger partial charge in [0.2, 0.25) is 0 Å². The summed E-state index contributed by atoms with van der Waals surface area (Å²) in [4.78, 5) is 0. The van der Waals surface area contributed by atoms with Crippen molar-refractivity contribution in [1.29, 1.82) is 0 Å². The number of hydrogen-bond acceptors (Lipinski definition) is 1. The molecule has 0 fully saturated rings. The zero-order valence-corrected chi connectivity index (χ0v) is 7.18. The minimum atomic E-state index is 0.179. The highest BCUT2D eigenvalue weighted by Gasteiger charge is 1.84. The average Bonchev–Trinajstić information content (AvgIpc) is 1.68. The summed E-state index contributed by atoms with van der Waals surface area (Å²) in [5.74, 6) is 0. The first kappa shape index (κ1) is 8.43. The number of rotatable bonds is 3. The van der Waals surface area contributed by atoms with Crippen LogP contribution in [0.4, 0.5) is 0 Å². The number of aliphatic hydroxyl groups is 1. The van der Waals surface area contributed by atoms with Crippen molar-refractivity contribution in [2.75, 3.05) is 6.61 Å². The second-order valence-electron chi connectivity index (χ2n) is 1.58. The van der Waals surface area contributed by atoms with E-state index in [4.69, 9.17) is 5.11 Å². The molecule has 48 valence electrons. The molecule has 2 heteroatoms. The summed E-state index contributed by atoms with van der Waals surface area (Å²) < 4.78 is 1.26. The third kappa shape index (κ3) is 4.59. The molecule has 8 heavy (non-hydrogen) atoms.